The maximum atomic E-state index is 13.3. The van der Waals surface area contributed by atoms with Crippen LogP contribution in [-0.4, -0.2) is 398 Å². The Bertz CT molecular complexity index is 2290. The fourth-order valence-electron chi connectivity index (χ4n) is 11.7. The highest BCUT2D eigenvalue weighted by Gasteiger charge is 2.60. The van der Waals surface area contributed by atoms with Gasteiger partial charge in [0.05, 0.1) is 51.8 Å². The van der Waals surface area contributed by atoms with Crippen LogP contribution in [0, 0.1) is 0 Å². The van der Waals surface area contributed by atoms with Gasteiger partial charge in [-0.3, -0.25) is 9.59 Å². The van der Waals surface area contributed by atoms with E-state index >= 15 is 0 Å². The molecule has 8 aliphatic rings. The molecule has 0 aromatic carbocycles. The van der Waals surface area contributed by atoms with Crippen LogP contribution in [-0.2, 0) is 80.6 Å². The largest absolute Gasteiger partial charge is 0.394 e. The fourth-order valence-corrected chi connectivity index (χ4v) is 11.7. The van der Waals surface area contributed by atoms with E-state index in [1.54, 1.807) is 0 Å². The molecule has 0 aromatic heterocycles. The molecule has 0 radical (unpaired) electrons. The monoisotopic (exact) mass is 1330 g/mol. The lowest BCUT2D eigenvalue weighted by Gasteiger charge is -2.52. The van der Waals surface area contributed by atoms with Crippen LogP contribution in [0.4, 0.5) is 0 Å². The summed E-state index contributed by atoms with van der Waals surface area (Å²) in [5.41, 5.74) is 0. The van der Waals surface area contributed by atoms with Crippen LogP contribution in [0.5, 0.6) is 0 Å². The molecule has 0 aliphatic carbocycles. The van der Waals surface area contributed by atoms with Gasteiger partial charge in [-0.15, -0.1) is 0 Å². The van der Waals surface area contributed by atoms with Crippen molar-refractivity contribution >= 4 is 11.8 Å². The maximum Gasteiger partial charge on any atom is 0.217 e. The molecule has 528 valence electrons. The van der Waals surface area contributed by atoms with Crippen LogP contribution >= 0.6 is 0 Å². The predicted octanol–water partition coefficient (Wildman–Crippen LogP) is -15.5. The molecule has 39 atom stereocenters. The Hall–Kier alpha value is -2.50. The molecule has 0 bridgehead atoms. The van der Waals surface area contributed by atoms with Gasteiger partial charge in [0.15, 0.2) is 50.3 Å². The van der Waals surface area contributed by atoms with Gasteiger partial charge in [0.2, 0.25) is 11.8 Å². The lowest BCUT2D eigenvalue weighted by atomic mass is 9.93. The Balaban J connectivity index is 1.17. The van der Waals surface area contributed by atoms with Gasteiger partial charge in [-0.25, -0.2) is 0 Å². The minimum absolute atomic E-state index is 0.740. The van der Waals surface area contributed by atoms with E-state index in [1.165, 1.54) is 13.8 Å². The van der Waals surface area contributed by atoms with Crippen LogP contribution in [0.25, 0.3) is 0 Å². The average molecular weight is 1340 g/mol. The van der Waals surface area contributed by atoms with Crippen molar-refractivity contribution in [3.05, 3.63) is 0 Å². The van der Waals surface area contributed by atoms with Crippen molar-refractivity contribution in [2.45, 2.75) is 267 Å². The lowest BCUT2D eigenvalue weighted by molar-refractivity contribution is -0.405. The highest BCUT2D eigenvalue weighted by atomic mass is 16.8. The number of aliphatic hydroxyl groups excluding tert-OH is 21. The zero-order valence-corrected chi connectivity index (χ0v) is 49.1. The van der Waals surface area contributed by atoms with E-state index in [0.717, 1.165) is 13.8 Å². The summed E-state index contributed by atoms with van der Waals surface area (Å²) in [6.07, 6.45) is -72.2. The summed E-state index contributed by atoms with van der Waals surface area (Å²) >= 11 is 0. The van der Waals surface area contributed by atoms with Crippen LogP contribution in [0.2, 0.25) is 0 Å². The Kier molecular flexibility index (Phi) is 26.0. The van der Waals surface area contributed by atoms with Crippen molar-refractivity contribution in [3.8, 4) is 0 Å². The Labute approximate surface area is 516 Å². The molecular weight excluding hydrogens is 1250 g/mol. The Morgan fingerprint density at radius 2 is 0.758 bits per heavy atom. The average Bonchev–Trinajstić information content (AvgIpc) is 0.779. The van der Waals surface area contributed by atoms with E-state index in [4.69, 9.17) is 71.1 Å². The summed E-state index contributed by atoms with van der Waals surface area (Å²) < 4.78 is 89.1. The standard InChI is InChI=1S/C51H86N2O38/c1-11-23(60)30(67)35(72)46(80-11)79-10-20-40(41(22(44(76)82-20)53-14(4)58)89-49-37(74)31(68)24(61)12(2)81-49)88-45-21(52-13(3)57)29(66)39(18(7-56)85-45)87-51-43(91-48-34(71)25(62)15(59)8-77-48)42(90-50-38(75)33(70)27(64)17(6-55)84-50)28(65)19(86-51)9-78-47-36(73)32(69)26(63)16(5-54)83-47/h11-12,15-51,54-56,59-76H,5-10H2,1-4H3,(H,52,57)(H,53,58)/t11-,12-,15+,16+,17+,18+,19+,20+,21+,22+,23+,24+,25-,26+,27+,28+,29+,30+,31+,32-,33-,34+,35-,36-,37-,38-,39+,40+,41+,42-,43-,44+,45-,46+,47-,48-,49-,50+,51-/m0/s1. The Morgan fingerprint density at radius 1 is 0.352 bits per heavy atom. The molecular formula is C51H86N2O38. The number of nitrogens with one attached hydrogen (secondary N) is 2. The topological polar surface area (TPSA) is 621 Å². The van der Waals surface area contributed by atoms with E-state index in [2.05, 4.69) is 10.6 Å². The summed E-state index contributed by atoms with van der Waals surface area (Å²) in [6.45, 7) is -1.19. The molecule has 8 aliphatic heterocycles. The molecule has 23 N–H and O–H groups in total. The van der Waals surface area contributed by atoms with E-state index in [1.807, 2.05) is 0 Å². The Morgan fingerprint density at radius 3 is 1.31 bits per heavy atom. The molecule has 2 amide bonds. The first-order valence-electron chi connectivity index (χ1n) is 29.2. The van der Waals surface area contributed by atoms with E-state index in [0.29, 0.717) is 0 Å². The molecule has 8 heterocycles. The zero-order valence-electron chi connectivity index (χ0n) is 49.1. The highest BCUT2D eigenvalue weighted by Crippen LogP contribution is 2.39. The smallest absolute Gasteiger partial charge is 0.217 e. The third kappa shape index (κ3) is 16.2. The summed E-state index contributed by atoms with van der Waals surface area (Å²) in [5.74, 6) is -1.81. The van der Waals surface area contributed by atoms with Gasteiger partial charge in [-0.05, 0) is 13.8 Å². The number of aliphatic hydroxyl groups is 21. The first-order valence-corrected chi connectivity index (χ1v) is 29.2. The van der Waals surface area contributed by atoms with Crippen LogP contribution in [0.1, 0.15) is 27.7 Å². The number of rotatable bonds is 21. The minimum atomic E-state index is -2.32. The quantitative estimate of drug-likeness (QED) is 0.0507. The van der Waals surface area contributed by atoms with Gasteiger partial charge in [-0.1, -0.05) is 0 Å². The molecule has 8 rings (SSSR count). The van der Waals surface area contributed by atoms with Crippen molar-refractivity contribution < 1.29 is 188 Å². The van der Waals surface area contributed by atoms with Gasteiger partial charge < -0.3 is 189 Å². The lowest BCUT2D eigenvalue weighted by Crippen LogP contribution is -2.71. The molecule has 8 saturated heterocycles. The zero-order chi connectivity index (χ0) is 66.9. The fraction of sp³-hybridized carbons (Fsp3) is 0.961. The van der Waals surface area contributed by atoms with Gasteiger partial charge >= 0.3 is 0 Å². The van der Waals surface area contributed by atoms with E-state index < -0.39 is 291 Å². The second-order valence-corrected chi connectivity index (χ2v) is 23.4. The van der Waals surface area contributed by atoms with Gasteiger partial charge in [-0.2, -0.15) is 0 Å². The summed E-state index contributed by atoms with van der Waals surface area (Å²) in [7, 11) is 0. The third-order valence-corrected chi connectivity index (χ3v) is 17.0. The number of amides is 2. The van der Waals surface area contributed by atoms with Crippen LogP contribution < -0.4 is 10.6 Å². The van der Waals surface area contributed by atoms with Gasteiger partial charge in [0.25, 0.3) is 0 Å². The SMILES string of the molecule is CC(=O)N[C@@H]1[C@@H](O[C@@H]2O[C@@H](C)[C@@H](O)[C@@H](O)[C@@H]2O)[C@H](O[C@@H]2O[C@H](CO)[C@@H](O[C@@H]3O[C@H](CO[C@H]4O[C@H](CO)[C@@H](O)[C@H](O)[C@@H]4O)[C@@H](O)[C@H](O[C@H]4O[C@H](CO)[C@@H](O)[C@H](O)[C@@H]4O)[C@@H]3O[C@@H]3OC[C@@H](O)[C@H](O)[C@H]3O)[C@H](O)[C@H]2NC(C)=O)[C@@H](CO[C@@H]2O[C@@H](C)[C@@H](O)[C@@H](O)[C@@H]2O)O[C@H]1O. The van der Waals surface area contributed by atoms with Crippen LogP contribution in [0.3, 0.4) is 0 Å². The van der Waals surface area contributed by atoms with Crippen molar-refractivity contribution in [2.24, 2.45) is 0 Å². The predicted molar refractivity (Wildman–Crippen MR) is 279 cm³/mol. The number of carbonyl (C=O) groups is 2. The number of ether oxygens (including phenoxy) is 15. The highest BCUT2D eigenvalue weighted by molar-refractivity contribution is 5.73. The van der Waals surface area contributed by atoms with Gasteiger partial charge in [0.1, 0.15) is 177 Å². The number of hydrogen-bond acceptors (Lipinski definition) is 38. The molecule has 8 fully saturated rings. The van der Waals surface area contributed by atoms with Crippen molar-refractivity contribution in [1.82, 2.24) is 10.6 Å². The molecule has 91 heavy (non-hydrogen) atoms. The van der Waals surface area contributed by atoms with Crippen LogP contribution in [0.15, 0.2) is 0 Å². The molecule has 40 heteroatoms. The van der Waals surface area contributed by atoms with Crippen molar-refractivity contribution in [1.29, 1.82) is 0 Å². The second-order valence-electron chi connectivity index (χ2n) is 23.4. The molecule has 40 nitrogen and oxygen atoms in total. The first kappa shape index (κ1) is 74.3. The normalized spacial score (nSPS) is 51.7. The van der Waals surface area contributed by atoms with E-state index in [-0.39, 0.29) is 0 Å². The summed E-state index contributed by atoms with van der Waals surface area (Å²) in [6, 6.07) is -3.78. The first-order chi connectivity index (χ1) is 42.9. The van der Waals surface area contributed by atoms with Gasteiger partial charge in [0, 0.05) is 13.8 Å². The van der Waals surface area contributed by atoms with Crippen molar-refractivity contribution in [2.75, 3.05) is 39.6 Å². The third-order valence-electron chi connectivity index (χ3n) is 17.0. The molecule has 0 unspecified atom stereocenters. The number of hydrogen-bond donors (Lipinski definition) is 23. The number of carbonyl (C=O) groups excluding carboxylic acids is 2. The summed E-state index contributed by atoms with van der Waals surface area (Å²) in [4.78, 5) is 26.1. The maximum absolute atomic E-state index is 13.3. The molecule has 0 spiro atoms. The summed E-state index contributed by atoms with van der Waals surface area (Å²) in [5, 5.41) is 234. The second kappa shape index (κ2) is 31.8. The minimum Gasteiger partial charge on any atom is -0.394 e. The molecule has 0 aromatic rings. The van der Waals surface area contributed by atoms with E-state index in [9.17, 15) is 117 Å². The molecule has 0 saturated carbocycles. The van der Waals surface area contributed by atoms with Crippen molar-refractivity contribution in [3.63, 3.8) is 0 Å².